The number of rotatable bonds is 4. The van der Waals surface area contributed by atoms with Crippen LogP contribution in [0.25, 0.3) is 0 Å². The number of aliphatic carboxylic acids is 1. The first-order valence-corrected chi connectivity index (χ1v) is 4.96. The van der Waals surface area contributed by atoms with E-state index in [1.54, 1.807) is 17.8 Å². The topological polar surface area (TPSA) is 55.1 Å². The van der Waals surface area contributed by atoms with Gasteiger partial charge in [-0.25, -0.2) is 0 Å². The number of thioether (sulfide) groups is 1. The summed E-state index contributed by atoms with van der Waals surface area (Å²) in [5.74, 6) is -0.0738. The average Bonchev–Trinajstić information content (AvgIpc) is 2.47. The van der Waals surface area contributed by atoms with Crippen molar-refractivity contribution in [1.82, 2.24) is 9.78 Å². The van der Waals surface area contributed by atoms with Gasteiger partial charge < -0.3 is 5.11 Å². The Morgan fingerprint density at radius 2 is 2.54 bits per heavy atom. The van der Waals surface area contributed by atoms with E-state index in [2.05, 4.69) is 5.10 Å². The monoisotopic (exact) mass is 200 g/mol. The van der Waals surface area contributed by atoms with Crippen molar-refractivity contribution >= 4 is 17.7 Å². The molecule has 1 aromatic rings. The van der Waals surface area contributed by atoms with Crippen molar-refractivity contribution in [3.8, 4) is 0 Å². The lowest BCUT2D eigenvalue weighted by Gasteiger charge is -2.03. The van der Waals surface area contributed by atoms with Crippen molar-refractivity contribution in [1.29, 1.82) is 0 Å². The SMILES string of the molecule is CC(SCc1cnn(C)c1)C(=O)O. The highest BCUT2D eigenvalue weighted by atomic mass is 32.2. The largest absolute Gasteiger partial charge is 0.480 e. The lowest BCUT2D eigenvalue weighted by molar-refractivity contribution is -0.136. The van der Waals surface area contributed by atoms with Gasteiger partial charge in [0.2, 0.25) is 0 Å². The number of aromatic nitrogens is 2. The molecule has 0 saturated carbocycles. The van der Waals surface area contributed by atoms with Crippen molar-refractivity contribution in [2.24, 2.45) is 7.05 Å². The molecular formula is C8H12N2O2S. The minimum Gasteiger partial charge on any atom is -0.480 e. The van der Waals surface area contributed by atoms with E-state index in [4.69, 9.17) is 5.11 Å². The molecule has 0 bridgehead atoms. The summed E-state index contributed by atoms with van der Waals surface area (Å²) >= 11 is 1.40. The molecule has 1 aromatic heterocycles. The quantitative estimate of drug-likeness (QED) is 0.791. The highest BCUT2D eigenvalue weighted by Gasteiger charge is 2.11. The van der Waals surface area contributed by atoms with Crippen molar-refractivity contribution in [2.45, 2.75) is 17.9 Å². The molecule has 5 heteroatoms. The van der Waals surface area contributed by atoms with E-state index in [0.29, 0.717) is 5.75 Å². The molecule has 0 amide bonds. The van der Waals surface area contributed by atoms with E-state index in [9.17, 15) is 4.79 Å². The van der Waals surface area contributed by atoms with Gasteiger partial charge in [-0.1, -0.05) is 0 Å². The van der Waals surface area contributed by atoms with Crippen LogP contribution in [0.1, 0.15) is 12.5 Å². The summed E-state index contributed by atoms with van der Waals surface area (Å²) in [6, 6.07) is 0. The van der Waals surface area contributed by atoms with E-state index in [-0.39, 0.29) is 5.25 Å². The number of carboxylic acid groups (broad SMARTS) is 1. The Morgan fingerprint density at radius 3 is 3.00 bits per heavy atom. The van der Waals surface area contributed by atoms with E-state index in [0.717, 1.165) is 5.56 Å². The Labute approximate surface area is 80.9 Å². The molecule has 0 fully saturated rings. The summed E-state index contributed by atoms with van der Waals surface area (Å²) in [7, 11) is 1.84. The predicted octanol–water partition coefficient (Wildman–Crippen LogP) is 1.13. The fourth-order valence-electron chi connectivity index (χ4n) is 0.839. The van der Waals surface area contributed by atoms with Crippen molar-refractivity contribution in [3.05, 3.63) is 18.0 Å². The number of nitrogens with zero attached hydrogens (tertiary/aromatic N) is 2. The lowest BCUT2D eigenvalue weighted by atomic mass is 10.4. The Morgan fingerprint density at radius 1 is 1.85 bits per heavy atom. The first-order valence-electron chi connectivity index (χ1n) is 3.91. The summed E-state index contributed by atoms with van der Waals surface area (Å²) in [5.41, 5.74) is 1.06. The van der Waals surface area contributed by atoms with E-state index < -0.39 is 5.97 Å². The van der Waals surface area contributed by atoms with Crippen LogP contribution in [0.4, 0.5) is 0 Å². The third-order valence-corrected chi connectivity index (χ3v) is 2.81. The molecule has 72 valence electrons. The van der Waals surface area contributed by atoms with Crippen LogP contribution in [0.2, 0.25) is 0 Å². The molecule has 0 aliphatic heterocycles. The normalized spacial score (nSPS) is 12.8. The van der Waals surface area contributed by atoms with Crippen LogP contribution in [0, 0.1) is 0 Å². The third-order valence-electron chi connectivity index (χ3n) is 1.61. The minimum absolute atomic E-state index is 0.361. The highest BCUT2D eigenvalue weighted by Crippen LogP contribution is 2.16. The number of hydrogen-bond acceptors (Lipinski definition) is 3. The summed E-state index contributed by atoms with van der Waals surface area (Å²) in [6.07, 6.45) is 3.64. The highest BCUT2D eigenvalue weighted by molar-refractivity contribution is 7.99. The molecule has 0 aliphatic rings. The van der Waals surface area contributed by atoms with Gasteiger partial charge in [-0.2, -0.15) is 5.10 Å². The molecule has 1 unspecified atom stereocenters. The fraction of sp³-hybridized carbons (Fsp3) is 0.500. The summed E-state index contributed by atoms with van der Waals surface area (Å²) in [4.78, 5) is 10.5. The van der Waals surface area contributed by atoms with Gasteiger partial charge in [0.15, 0.2) is 0 Å². The molecule has 0 saturated heterocycles. The smallest absolute Gasteiger partial charge is 0.316 e. The maximum atomic E-state index is 10.5. The van der Waals surface area contributed by atoms with E-state index in [1.165, 1.54) is 11.8 Å². The maximum absolute atomic E-state index is 10.5. The summed E-state index contributed by atoms with van der Waals surface area (Å²) in [6.45, 7) is 1.68. The summed E-state index contributed by atoms with van der Waals surface area (Å²) < 4.78 is 1.71. The van der Waals surface area contributed by atoms with Gasteiger partial charge in [0, 0.05) is 19.0 Å². The van der Waals surface area contributed by atoms with Crippen LogP contribution in [0.5, 0.6) is 0 Å². The molecule has 0 radical (unpaired) electrons. The third kappa shape index (κ3) is 3.10. The molecular weight excluding hydrogens is 188 g/mol. The second-order valence-corrected chi connectivity index (χ2v) is 4.14. The maximum Gasteiger partial charge on any atom is 0.316 e. The zero-order valence-corrected chi connectivity index (χ0v) is 8.41. The Kier molecular flexibility index (Phi) is 3.36. The summed E-state index contributed by atoms with van der Waals surface area (Å²) in [5, 5.41) is 12.3. The van der Waals surface area contributed by atoms with Crippen LogP contribution < -0.4 is 0 Å². The lowest BCUT2D eigenvalue weighted by Crippen LogP contribution is -2.11. The minimum atomic E-state index is -0.770. The molecule has 1 rings (SSSR count). The standard InChI is InChI=1S/C8H12N2O2S/c1-6(8(11)12)13-5-7-3-9-10(2)4-7/h3-4,6H,5H2,1-2H3,(H,11,12). The van der Waals surface area contributed by atoms with Gasteiger partial charge >= 0.3 is 5.97 Å². The van der Waals surface area contributed by atoms with Crippen LogP contribution >= 0.6 is 11.8 Å². The van der Waals surface area contributed by atoms with Crippen LogP contribution in [-0.4, -0.2) is 26.1 Å². The Hall–Kier alpha value is -0.970. The Balaban J connectivity index is 2.39. The predicted molar refractivity (Wildman–Crippen MR) is 51.6 cm³/mol. The molecule has 0 spiro atoms. The van der Waals surface area contributed by atoms with Gasteiger partial charge in [0.25, 0.3) is 0 Å². The van der Waals surface area contributed by atoms with Crippen LogP contribution in [-0.2, 0) is 17.6 Å². The zero-order valence-electron chi connectivity index (χ0n) is 7.60. The molecule has 0 aliphatic carbocycles. The molecule has 0 aromatic carbocycles. The first kappa shape index (κ1) is 10.1. The van der Waals surface area contributed by atoms with Gasteiger partial charge in [-0.15, -0.1) is 11.8 Å². The van der Waals surface area contributed by atoms with Gasteiger partial charge in [0.1, 0.15) is 0 Å². The first-order chi connectivity index (χ1) is 6.09. The van der Waals surface area contributed by atoms with Crippen molar-refractivity contribution < 1.29 is 9.90 Å². The van der Waals surface area contributed by atoms with Gasteiger partial charge in [0.05, 0.1) is 11.4 Å². The van der Waals surface area contributed by atoms with Gasteiger partial charge in [-0.3, -0.25) is 9.48 Å². The van der Waals surface area contributed by atoms with Crippen molar-refractivity contribution in [2.75, 3.05) is 0 Å². The molecule has 1 atom stereocenters. The average molecular weight is 200 g/mol. The second kappa shape index (κ2) is 4.32. The fourth-order valence-corrected chi connectivity index (χ4v) is 1.57. The molecule has 13 heavy (non-hydrogen) atoms. The molecule has 1 heterocycles. The Bertz CT molecular complexity index is 298. The van der Waals surface area contributed by atoms with Gasteiger partial charge in [-0.05, 0) is 12.5 Å². The van der Waals surface area contributed by atoms with E-state index in [1.807, 2.05) is 13.2 Å². The van der Waals surface area contributed by atoms with Crippen LogP contribution in [0.3, 0.4) is 0 Å². The molecule has 4 nitrogen and oxygen atoms in total. The molecule has 1 N–H and O–H groups in total. The zero-order chi connectivity index (χ0) is 9.84. The van der Waals surface area contributed by atoms with E-state index >= 15 is 0 Å². The number of carboxylic acids is 1. The number of hydrogen-bond donors (Lipinski definition) is 1. The number of carbonyl (C=O) groups is 1. The van der Waals surface area contributed by atoms with Crippen LogP contribution in [0.15, 0.2) is 12.4 Å². The van der Waals surface area contributed by atoms with Crippen molar-refractivity contribution in [3.63, 3.8) is 0 Å². The second-order valence-electron chi connectivity index (χ2n) is 2.81. The number of aryl methyl sites for hydroxylation is 1.